The van der Waals surface area contributed by atoms with E-state index in [2.05, 4.69) is 27.5 Å². The Balaban J connectivity index is 2.06. The fourth-order valence-corrected chi connectivity index (χ4v) is 2.60. The minimum absolute atomic E-state index is 0.0981. The Hall–Kier alpha value is -1.95. The van der Waals surface area contributed by atoms with Gasteiger partial charge in [-0.25, -0.2) is 9.97 Å². The number of pyridine rings is 1. The van der Waals surface area contributed by atoms with E-state index in [0.717, 1.165) is 11.4 Å². The van der Waals surface area contributed by atoms with Crippen LogP contribution in [0.15, 0.2) is 24.5 Å². The monoisotopic (exact) mass is 290 g/mol. The molecule has 1 atom stereocenters. The number of carbonyl (C=O) groups is 1. The second kappa shape index (κ2) is 6.47. The van der Waals surface area contributed by atoms with Crippen molar-refractivity contribution < 1.29 is 4.79 Å². The van der Waals surface area contributed by atoms with Crippen LogP contribution < -0.4 is 10.6 Å². The van der Waals surface area contributed by atoms with E-state index in [4.69, 9.17) is 0 Å². The SMILES string of the molecule is CCc1cnc(C(C)NC(=O)c2ccnc(NC)c2)s1. The third-order valence-electron chi connectivity index (χ3n) is 2.92. The summed E-state index contributed by atoms with van der Waals surface area (Å²) in [7, 11) is 1.77. The van der Waals surface area contributed by atoms with E-state index < -0.39 is 0 Å². The minimum Gasteiger partial charge on any atom is -0.373 e. The van der Waals surface area contributed by atoms with Crippen molar-refractivity contribution in [2.45, 2.75) is 26.3 Å². The molecule has 2 aromatic heterocycles. The van der Waals surface area contributed by atoms with Crippen LogP contribution in [0.3, 0.4) is 0 Å². The Morgan fingerprint density at radius 1 is 1.45 bits per heavy atom. The van der Waals surface area contributed by atoms with Gasteiger partial charge in [0.15, 0.2) is 0 Å². The topological polar surface area (TPSA) is 66.9 Å². The maximum absolute atomic E-state index is 12.2. The van der Waals surface area contributed by atoms with Crippen molar-refractivity contribution >= 4 is 23.1 Å². The zero-order chi connectivity index (χ0) is 14.5. The van der Waals surface area contributed by atoms with Crippen molar-refractivity contribution in [3.63, 3.8) is 0 Å². The van der Waals surface area contributed by atoms with Gasteiger partial charge in [0.25, 0.3) is 5.91 Å². The molecule has 2 N–H and O–H groups in total. The van der Waals surface area contributed by atoms with Gasteiger partial charge in [-0.1, -0.05) is 6.92 Å². The molecule has 2 rings (SSSR count). The number of aryl methyl sites for hydroxylation is 1. The van der Waals surface area contributed by atoms with Crippen LogP contribution in [0.4, 0.5) is 5.82 Å². The van der Waals surface area contributed by atoms with Crippen LogP contribution in [0.25, 0.3) is 0 Å². The van der Waals surface area contributed by atoms with Gasteiger partial charge in [0.2, 0.25) is 0 Å². The van der Waals surface area contributed by atoms with Crippen LogP contribution in [0, 0.1) is 0 Å². The third kappa shape index (κ3) is 3.33. The van der Waals surface area contributed by atoms with E-state index in [9.17, 15) is 4.79 Å². The highest BCUT2D eigenvalue weighted by Crippen LogP contribution is 2.20. The van der Waals surface area contributed by atoms with Gasteiger partial charge in [0.05, 0.1) is 6.04 Å². The van der Waals surface area contributed by atoms with Gasteiger partial charge in [-0.15, -0.1) is 11.3 Å². The van der Waals surface area contributed by atoms with E-state index in [1.807, 2.05) is 13.1 Å². The fourth-order valence-electron chi connectivity index (χ4n) is 1.74. The molecular weight excluding hydrogens is 272 g/mol. The molecular formula is C14H18N4OS. The summed E-state index contributed by atoms with van der Waals surface area (Å²) in [6.45, 7) is 4.03. The molecule has 1 amide bonds. The summed E-state index contributed by atoms with van der Waals surface area (Å²) >= 11 is 1.64. The van der Waals surface area contributed by atoms with Crippen molar-refractivity contribution in [3.8, 4) is 0 Å². The molecule has 0 saturated carbocycles. The number of nitrogens with one attached hydrogen (secondary N) is 2. The lowest BCUT2D eigenvalue weighted by Crippen LogP contribution is -2.26. The lowest BCUT2D eigenvalue weighted by molar-refractivity contribution is 0.0940. The number of amides is 1. The molecule has 106 valence electrons. The largest absolute Gasteiger partial charge is 0.373 e. The summed E-state index contributed by atoms with van der Waals surface area (Å²) in [5.41, 5.74) is 0.587. The highest BCUT2D eigenvalue weighted by molar-refractivity contribution is 7.11. The second-order valence-electron chi connectivity index (χ2n) is 4.39. The average Bonchev–Trinajstić information content (AvgIpc) is 2.96. The normalized spacial score (nSPS) is 11.9. The summed E-state index contributed by atoms with van der Waals surface area (Å²) in [6.07, 6.45) is 4.45. The molecule has 0 aromatic carbocycles. The first kappa shape index (κ1) is 14.5. The van der Waals surface area contributed by atoms with Crippen molar-refractivity contribution in [3.05, 3.63) is 40.0 Å². The predicted molar refractivity (Wildman–Crippen MR) is 81.2 cm³/mol. The highest BCUT2D eigenvalue weighted by atomic mass is 32.1. The number of nitrogens with zero attached hydrogens (tertiary/aromatic N) is 2. The molecule has 5 nitrogen and oxygen atoms in total. The summed E-state index contributed by atoms with van der Waals surface area (Å²) in [5.74, 6) is 0.553. The summed E-state index contributed by atoms with van der Waals surface area (Å²) < 4.78 is 0. The van der Waals surface area contributed by atoms with Gasteiger partial charge in [0.1, 0.15) is 10.8 Å². The van der Waals surface area contributed by atoms with Crippen LogP contribution in [0.2, 0.25) is 0 Å². The molecule has 20 heavy (non-hydrogen) atoms. The van der Waals surface area contributed by atoms with E-state index in [1.54, 1.807) is 36.7 Å². The molecule has 0 radical (unpaired) electrons. The molecule has 2 heterocycles. The molecule has 1 unspecified atom stereocenters. The number of thiazole rings is 1. The third-order valence-corrected chi connectivity index (χ3v) is 4.24. The number of rotatable bonds is 5. The van der Waals surface area contributed by atoms with Crippen molar-refractivity contribution in [1.29, 1.82) is 0 Å². The average molecular weight is 290 g/mol. The summed E-state index contributed by atoms with van der Waals surface area (Å²) in [5, 5.41) is 6.80. The van der Waals surface area contributed by atoms with Gasteiger partial charge in [-0.3, -0.25) is 4.79 Å². The van der Waals surface area contributed by atoms with Crippen LogP contribution in [-0.2, 0) is 6.42 Å². The summed E-state index contributed by atoms with van der Waals surface area (Å²) in [4.78, 5) is 21.8. The Labute approximate surface area is 122 Å². The molecule has 2 aromatic rings. The first-order chi connectivity index (χ1) is 9.63. The maximum Gasteiger partial charge on any atom is 0.252 e. The lowest BCUT2D eigenvalue weighted by Gasteiger charge is -2.11. The molecule has 0 bridgehead atoms. The minimum atomic E-state index is -0.121. The molecule has 6 heteroatoms. The predicted octanol–water partition coefficient (Wildman–Crippen LogP) is 2.63. The molecule has 0 aliphatic heterocycles. The molecule has 0 aliphatic rings. The Morgan fingerprint density at radius 3 is 2.90 bits per heavy atom. The number of hydrogen-bond donors (Lipinski definition) is 2. The number of anilines is 1. The lowest BCUT2D eigenvalue weighted by atomic mass is 10.2. The van der Waals surface area contributed by atoms with E-state index in [0.29, 0.717) is 11.4 Å². The summed E-state index contributed by atoms with van der Waals surface area (Å²) in [6, 6.07) is 3.32. The van der Waals surface area contributed by atoms with Gasteiger partial charge >= 0.3 is 0 Å². The smallest absolute Gasteiger partial charge is 0.252 e. The Bertz CT molecular complexity index is 596. The van der Waals surface area contributed by atoms with Gasteiger partial charge in [0, 0.05) is 29.9 Å². The Kier molecular flexibility index (Phi) is 4.68. The van der Waals surface area contributed by atoms with E-state index in [1.165, 1.54) is 4.88 Å². The van der Waals surface area contributed by atoms with E-state index in [-0.39, 0.29) is 11.9 Å². The van der Waals surface area contributed by atoms with Crippen LogP contribution in [-0.4, -0.2) is 22.9 Å². The quantitative estimate of drug-likeness (QED) is 0.888. The fraction of sp³-hybridized carbons (Fsp3) is 0.357. The van der Waals surface area contributed by atoms with Gasteiger partial charge < -0.3 is 10.6 Å². The molecule has 0 aliphatic carbocycles. The van der Waals surface area contributed by atoms with E-state index >= 15 is 0 Å². The maximum atomic E-state index is 12.2. The second-order valence-corrected chi connectivity index (χ2v) is 5.54. The van der Waals surface area contributed by atoms with Crippen molar-refractivity contribution in [2.24, 2.45) is 0 Å². The van der Waals surface area contributed by atoms with Crippen molar-refractivity contribution in [2.75, 3.05) is 12.4 Å². The molecule has 0 spiro atoms. The van der Waals surface area contributed by atoms with Crippen LogP contribution >= 0.6 is 11.3 Å². The van der Waals surface area contributed by atoms with Crippen LogP contribution in [0.5, 0.6) is 0 Å². The van der Waals surface area contributed by atoms with Gasteiger partial charge in [-0.2, -0.15) is 0 Å². The zero-order valence-corrected chi connectivity index (χ0v) is 12.6. The zero-order valence-electron chi connectivity index (χ0n) is 11.8. The number of aromatic nitrogens is 2. The highest BCUT2D eigenvalue weighted by Gasteiger charge is 2.14. The first-order valence-corrected chi connectivity index (χ1v) is 7.35. The van der Waals surface area contributed by atoms with Crippen LogP contribution in [0.1, 0.15) is 40.1 Å². The molecule has 0 fully saturated rings. The van der Waals surface area contributed by atoms with Gasteiger partial charge in [-0.05, 0) is 25.5 Å². The first-order valence-electron chi connectivity index (χ1n) is 6.53. The number of hydrogen-bond acceptors (Lipinski definition) is 5. The number of carbonyl (C=O) groups excluding carboxylic acids is 1. The Morgan fingerprint density at radius 2 is 2.25 bits per heavy atom. The van der Waals surface area contributed by atoms with Crippen molar-refractivity contribution in [1.82, 2.24) is 15.3 Å². The standard InChI is InChI=1S/C14H18N4OS/c1-4-11-8-17-14(20-11)9(2)18-13(19)10-5-6-16-12(7-10)15-3/h5-9H,4H2,1-3H3,(H,15,16)(H,18,19). The molecule has 0 saturated heterocycles.